The molecule has 1 saturated heterocycles. The van der Waals surface area contributed by atoms with E-state index in [1.807, 2.05) is 4.90 Å². The van der Waals surface area contributed by atoms with E-state index in [-0.39, 0.29) is 41.4 Å². The van der Waals surface area contributed by atoms with E-state index in [4.69, 9.17) is 17.3 Å². The number of likely N-dealkylation sites (tertiary alicyclic amines) is 1. The molecule has 0 aliphatic carbocycles. The monoisotopic (exact) mass is 327 g/mol. The first kappa shape index (κ1) is 16.7. The minimum atomic E-state index is -0.473. The van der Waals surface area contributed by atoms with Gasteiger partial charge in [-0.25, -0.2) is 4.39 Å². The highest BCUT2D eigenvalue weighted by Crippen LogP contribution is 2.19. The number of halogens is 2. The molecule has 2 amide bonds. The zero-order chi connectivity index (χ0) is 16.1. The number of piperidine rings is 1. The van der Waals surface area contributed by atoms with Gasteiger partial charge in [-0.15, -0.1) is 0 Å². The highest BCUT2D eigenvalue weighted by atomic mass is 35.5. The highest BCUT2D eigenvalue weighted by Gasteiger charge is 2.22. The number of hydrogen-bond acceptors (Lipinski definition) is 3. The Hall–Kier alpha value is -1.66. The third-order valence-electron chi connectivity index (χ3n) is 3.73. The second-order valence-corrected chi connectivity index (χ2v) is 5.87. The van der Waals surface area contributed by atoms with Gasteiger partial charge < -0.3 is 11.1 Å². The van der Waals surface area contributed by atoms with Crippen LogP contribution in [0.3, 0.4) is 0 Å². The number of nitrogens with zero attached hydrogens (tertiary/aromatic N) is 1. The van der Waals surface area contributed by atoms with Crippen LogP contribution in [0.5, 0.6) is 0 Å². The van der Waals surface area contributed by atoms with E-state index < -0.39 is 5.82 Å². The predicted molar refractivity (Wildman–Crippen MR) is 81.9 cm³/mol. The van der Waals surface area contributed by atoms with Gasteiger partial charge in [-0.3, -0.25) is 14.5 Å². The number of carbonyl (C=O) groups is 2. The van der Waals surface area contributed by atoms with Crippen LogP contribution in [0.2, 0.25) is 5.02 Å². The van der Waals surface area contributed by atoms with E-state index >= 15 is 0 Å². The Balaban J connectivity index is 1.82. The molecule has 0 saturated carbocycles. The Bertz CT molecular complexity index is 539. The second-order valence-electron chi connectivity index (χ2n) is 5.46. The summed E-state index contributed by atoms with van der Waals surface area (Å²) < 4.78 is 13.6. The number of nitrogens with one attached hydrogen (secondary N) is 1. The van der Waals surface area contributed by atoms with Crippen LogP contribution in [0.4, 0.5) is 4.39 Å². The highest BCUT2D eigenvalue weighted by molar-refractivity contribution is 6.31. The van der Waals surface area contributed by atoms with E-state index in [1.54, 1.807) is 6.07 Å². The summed E-state index contributed by atoms with van der Waals surface area (Å²) in [5.41, 5.74) is 5.37. The van der Waals surface area contributed by atoms with Gasteiger partial charge in [-0.05, 0) is 25.0 Å². The normalized spacial score (nSPS) is 16.5. The predicted octanol–water partition coefficient (Wildman–Crippen LogP) is 1.09. The van der Waals surface area contributed by atoms with Gasteiger partial charge in [-0.1, -0.05) is 17.7 Å². The molecule has 2 rings (SSSR count). The van der Waals surface area contributed by atoms with Gasteiger partial charge in [0.1, 0.15) is 5.82 Å². The number of amides is 2. The molecule has 7 heteroatoms. The Labute approximate surface area is 133 Å². The molecule has 0 radical (unpaired) electrons. The van der Waals surface area contributed by atoms with Crippen molar-refractivity contribution in [3.8, 4) is 0 Å². The summed E-state index contributed by atoms with van der Waals surface area (Å²) in [6.07, 6.45) is 1.40. The summed E-state index contributed by atoms with van der Waals surface area (Å²) in [7, 11) is 0. The number of hydrogen-bond donors (Lipinski definition) is 2. The Morgan fingerprint density at radius 2 is 2.05 bits per heavy atom. The third-order valence-corrected chi connectivity index (χ3v) is 4.09. The molecule has 0 unspecified atom stereocenters. The number of carbonyl (C=O) groups excluding carboxylic acids is 2. The maximum Gasteiger partial charge on any atom is 0.231 e. The molecule has 1 aliphatic heterocycles. The summed E-state index contributed by atoms with van der Waals surface area (Å²) in [6, 6.07) is 4.39. The molecular weight excluding hydrogens is 309 g/mol. The molecule has 0 bridgehead atoms. The molecule has 1 aliphatic rings. The van der Waals surface area contributed by atoms with Crippen LogP contribution in [0.15, 0.2) is 18.2 Å². The van der Waals surface area contributed by atoms with Crippen LogP contribution in [-0.2, 0) is 16.0 Å². The average Bonchev–Trinajstić information content (AvgIpc) is 2.45. The fourth-order valence-corrected chi connectivity index (χ4v) is 2.83. The SMILES string of the molecule is NC(=O)CN1CCC(NC(=O)Cc2c(F)cccc2Cl)CC1. The average molecular weight is 328 g/mol. The quantitative estimate of drug-likeness (QED) is 0.850. The number of benzene rings is 1. The van der Waals surface area contributed by atoms with Crippen LogP contribution in [0, 0.1) is 5.82 Å². The smallest absolute Gasteiger partial charge is 0.231 e. The van der Waals surface area contributed by atoms with E-state index in [0.717, 1.165) is 12.8 Å². The van der Waals surface area contributed by atoms with Crippen molar-refractivity contribution >= 4 is 23.4 Å². The number of primary amides is 1. The zero-order valence-corrected chi connectivity index (χ0v) is 12.9. The van der Waals surface area contributed by atoms with E-state index in [0.29, 0.717) is 13.1 Å². The van der Waals surface area contributed by atoms with Gasteiger partial charge in [0, 0.05) is 29.7 Å². The molecular formula is C15H19ClFN3O2. The molecule has 1 aromatic rings. The van der Waals surface area contributed by atoms with Crippen molar-refractivity contribution in [1.29, 1.82) is 0 Å². The molecule has 0 atom stereocenters. The minimum Gasteiger partial charge on any atom is -0.369 e. The lowest BCUT2D eigenvalue weighted by molar-refractivity contribution is -0.122. The molecule has 3 N–H and O–H groups in total. The summed E-state index contributed by atoms with van der Waals surface area (Å²) in [4.78, 5) is 24.8. The van der Waals surface area contributed by atoms with Crippen molar-refractivity contribution in [2.45, 2.75) is 25.3 Å². The van der Waals surface area contributed by atoms with E-state index in [2.05, 4.69) is 5.32 Å². The molecule has 1 fully saturated rings. The van der Waals surface area contributed by atoms with Gasteiger partial charge in [0.05, 0.1) is 13.0 Å². The molecule has 0 aromatic heterocycles. The van der Waals surface area contributed by atoms with Gasteiger partial charge in [0.25, 0.3) is 0 Å². The fraction of sp³-hybridized carbons (Fsp3) is 0.467. The first-order chi connectivity index (χ1) is 10.5. The summed E-state index contributed by atoms with van der Waals surface area (Å²) in [5.74, 6) is -1.07. The van der Waals surface area contributed by atoms with Crippen molar-refractivity contribution in [2.75, 3.05) is 19.6 Å². The molecule has 22 heavy (non-hydrogen) atoms. The molecule has 120 valence electrons. The van der Waals surface area contributed by atoms with Crippen molar-refractivity contribution in [3.05, 3.63) is 34.6 Å². The van der Waals surface area contributed by atoms with E-state index in [9.17, 15) is 14.0 Å². The molecule has 5 nitrogen and oxygen atoms in total. The van der Waals surface area contributed by atoms with Crippen molar-refractivity contribution in [3.63, 3.8) is 0 Å². The Kier molecular flexibility index (Phi) is 5.74. The topological polar surface area (TPSA) is 75.4 Å². The lowest BCUT2D eigenvalue weighted by atomic mass is 10.0. The fourth-order valence-electron chi connectivity index (χ4n) is 2.60. The molecule has 0 spiro atoms. The number of nitrogens with two attached hydrogens (primary N) is 1. The van der Waals surface area contributed by atoms with Crippen LogP contribution in [0.1, 0.15) is 18.4 Å². The number of rotatable bonds is 5. The van der Waals surface area contributed by atoms with Gasteiger partial charge in [0.15, 0.2) is 0 Å². The van der Waals surface area contributed by atoms with Crippen molar-refractivity contribution in [1.82, 2.24) is 10.2 Å². The largest absolute Gasteiger partial charge is 0.369 e. The molecule has 1 heterocycles. The van der Waals surface area contributed by atoms with Gasteiger partial charge in [-0.2, -0.15) is 0 Å². The Morgan fingerprint density at radius 3 is 2.64 bits per heavy atom. The lowest BCUT2D eigenvalue weighted by Gasteiger charge is -2.31. The van der Waals surface area contributed by atoms with Crippen LogP contribution in [-0.4, -0.2) is 42.4 Å². The van der Waals surface area contributed by atoms with Crippen LogP contribution in [0.25, 0.3) is 0 Å². The maximum atomic E-state index is 13.6. The first-order valence-electron chi connectivity index (χ1n) is 7.18. The lowest BCUT2D eigenvalue weighted by Crippen LogP contribution is -2.47. The summed E-state index contributed by atoms with van der Waals surface area (Å²) in [5, 5.41) is 3.14. The van der Waals surface area contributed by atoms with Crippen LogP contribution < -0.4 is 11.1 Å². The summed E-state index contributed by atoms with van der Waals surface area (Å²) >= 11 is 5.91. The van der Waals surface area contributed by atoms with Gasteiger partial charge in [0.2, 0.25) is 11.8 Å². The zero-order valence-electron chi connectivity index (χ0n) is 12.1. The van der Waals surface area contributed by atoms with Crippen molar-refractivity contribution < 1.29 is 14.0 Å². The Morgan fingerprint density at radius 1 is 1.36 bits per heavy atom. The minimum absolute atomic E-state index is 0.0298. The first-order valence-corrected chi connectivity index (χ1v) is 7.56. The summed E-state index contributed by atoms with van der Waals surface area (Å²) in [6.45, 7) is 1.65. The third kappa shape index (κ3) is 4.68. The standard InChI is InChI=1S/C15H19ClFN3O2/c16-12-2-1-3-13(17)11(12)8-15(22)19-10-4-6-20(7-5-10)9-14(18)21/h1-3,10H,4-9H2,(H2,18,21)(H,19,22). The molecule has 1 aromatic carbocycles. The van der Waals surface area contributed by atoms with Gasteiger partial charge >= 0.3 is 0 Å². The van der Waals surface area contributed by atoms with Crippen LogP contribution >= 0.6 is 11.6 Å². The van der Waals surface area contributed by atoms with E-state index in [1.165, 1.54) is 12.1 Å². The second kappa shape index (κ2) is 7.56. The van der Waals surface area contributed by atoms with Crippen molar-refractivity contribution in [2.24, 2.45) is 5.73 Å². The maximum absolute atomic E-state index is 13.6.